The molecule has 0 aliphatic rings. The molecule has 0 aliphatic heterocycles. The van der Waals surface area contributed by atoms with Gasteiger partial charge in [-0.25, -0.2) is 24.9 Å². The molecule has 5 aromatic heterocycles. The monoisotopic (exact) mass is 1180 g/mol. The molecule has 15 rings (SSSR count). The minimum Gasteiger partial charge on any atom is -0.496 e. The molecule has 418 valence electrons. The number of halogens is 3. The number of hydrogen-bond donors (Lipinski definition) is 5. The number of fused-ring (bicyclic) bond motifs is 5. The van der Waals surface area contributed by atoms with Gasteiger partial charge in [-0.1, -0.05) is 168 Å². The molecule has 10 aromatic carbocycles. The van der Waals surface area contributed by atoms with E-state index in [1.165, 1.54) is 23.3 Å². The molecule has 5 N–H and O–H groups in total. The number of nitro groups is 1. The van der Waals surface area contributed by atoms with Crippen LogP contribution in [0.4, 0.5) is 5.69 Å². The lowest BCUT2D eigenvalue weighted by atomic mass is 10.1. The fourth-order valence-electron chi connectivity index (χ4n) is 9.28. The molecule has 0 atom stereocenters. The molecule has 0 aliphatic carbocycles. The molecule has 85 heavy (non-hydrogen) atoms. The standard InChI is InChI=1S/C14H11ClN2O.C14H11ClN2.C14H12N2.C13H9ClN2.C13H9N3O2/c1-18-13-5-3-2-4-10(13)14-16-11-7-6-9(15)8-12(11)17-14;1-9-3-2-4-10(7-9)14-16-12-6-5-11(15)8-13(12)17-14;1-10-7-8-12-13(9-10)16-14(15-12)11-5-3-2-4-6-11;14-10-6-7-11-12(8-10)16-13(15-11)9-4-2-1-3-5-9;17-16(18)10-6-7-11-12(8-10)15-13(14-11)9-4-2-1-3-5-9/h2-8H,1H3,(H,16,17);2-8H,1H3,(H,16,17);2-9H,1H3,(H,15,16);1-8H,(H,15,16);1-8H,(H,14,15). The number of para-hydroxylation sites is 1. The largest absolute Gasteiger partial charge is 0.496 e. The molecule has 0 amide bonds. The number of nitro benzene ring substituents is 1. The van der Waals surface area contributed by atoms with Gasteiger partial charge in [0.05, 0.1) is 72.8 Å². The van der Waals surface area contributed by atoms with Gasteiger partial charge in [-0.3, -0.25) is 10.1 Å². The normalized spacial score (nSPS) is 10.8. The third-order valence-electron chi connectivity index (χ3n) is 13.4. The van der Waals surface area contributed by atoms with Crippen molar-refractivity contribution in [3.05, 3.63) is 267 Å². The molecule has 0 bridgehead atoms. The van der Waals surface area contributed by atoms with Crippen LogP contribution in [-0.4, -0.2) is 61.9 Å². The van der Waals surface area contributed by atoms with E-state index >= 15 is 0 Å². The smallest absolute Gasteiger partial charge is 0.271 e. The van der Waals surface area contributed by atoms with Gasteiger partial charge in [0.25, 0.3) is 5.69 Å². The number of aromatic amines is 5. The number of hydrogen-bond acceptors (Lipinski definition) is 8. The van der Waals surface area contributed by atoms with Crippen LogP contribution >= 0.6 is 34.8 Å². The van der Waals surface area contributed by atoms with Crippen LogP contribution in [-0.2, 0) is 0 Å². The second-order valence-electron chi connectivity index (χ2n) is 19.6. The van der Waals surface area contributed by atoms with Gasteiger partial charge in [0, 0.05) is 49.5 Å². The van der Waals surface area contributed by atoms with Crippen molar-refractivity contribution in [3.8, 4) is 62.7 Å². The highest BCUT2D eigenvalue weighted by atomic mass is 35.5. The Hall–Kier alpha value is -10.4. The Morgan fingerprint density at radius 1 is 0.365 bits per heavy atom. The van der Waals surface area contributed by atoms with E-state index in [0.717, 1.165) is 117 Å². The molecule has 17 heteroatoms. The lowest BCUT2D eigenvalue weighted by molar-refractivity contribution is -0.384. The summed E-state index contributed by atoms with van der Waals surface area (Å²) >= 11 is 17.8. The second-order valence-corrected chi connectivity index (χ2v) is 20.9. The van der Waals surface area contributed by atoms with E-state index < -0.39 is 4.92 Å². The SMILES string of the molecule is COc1ccccc1-c1nc2ccc(Cl)cc2[nH]1.Cc1ccc2nc(-c3ccccc3)[nH]c2c1.Cc1cccc(-c2nc3ccc(Cl)cc3[nH]2)c1.Clc1ccc2nc(-c3ccccc3)[nH]c2c1.O=[N+]([O-])c1ccc2nc(-c3ccccc3)[nH]c2c1. The van der Waals surface area contributed by atoms with Crippen molar-refractivity contribution in [2.75, 3.05) is 7.11 Å². The zero-order chi connectivity index (χ0) is 58.8. The number of non-ortho nitro benzene ring substituents is 1. The Morgan fingerprint density at radius 3 is 1.16 bits per heavy atom. The first-order chi connectivity index (χ1) is 41.4. The first-order valence-electron chi connectivity index (χ1n) is 26.8. The van der Waals surface area contributed by atoms with Crippen molar-refractivity contribution < 1.29 is 9.66 Å². The lowest BCUT2D eigenvalue weighted by Gasteiger charge is -2.04. The second kappa shape index (κ2) is 25.8. The number of benzene rings is 10. The van der Waals surface area contributed by atoms with Gasteiger partial charge < -0.3 is 29.7 Å². The summed E-state index contributed by atoms with van der Waals surface area (Å²) in [4.78, 5) is 49.1. The summed E-state index contributed by atoms with van der Waals surface area (Å²) in [6.07, 6.45) is 0. The van der Waals surface area contributed by atoms with Crippen molar-refractivity contribution in [1.82, 2.24) is 49.8 Å². The maximum absolute atomic E-state index is 10.7. The summed E-state index contributed by atoms with van der Waals surface area (Å²) < 4.78 is 5.33. The Labute approximate surface area is 502 Å². The number of nitrogens with zero attached hydrogens (tertiary/aromatic N) is 6. The number of H-pyrrole nitrogens is 5. The number of aryl methyl sites for hydroxylation is 2. The first-order valence-corrected chi connectivity index (χ1v) is 28.0. The zero-order valence-corrected chi connectivity index (χ0v) is 48.2. The summed E-state index contributed by atoms with van der Waals surface area (Å²) in [5.41, 5.74) is 16.8. The number of aromatic nitrogens is 10. The predicted molar refractivity (Wildman–Crippen MR) is 345 cm³/mol. The van der Waals surface area contributed by atoms with E-state index in [-0.39, 0.29) is 5.69 Å². The van der Waals surface area contributed by atoms with Crippen LogP contribution in [0, 0.1) is 24.0 Å². The summed E-state index contributed by atoms with van der Waals surface area (Å²) in [5.74, 6) is 4.98. The summed E-state index contributed by atoms with van der Waals surface area (Å²) in [5, 5.41) is 12.8. The molecular formula is C68H52Cl3N11O3. The molecule has 0 saturated heterocycles. The zero-order valence-electron chi connectivity index (χ0n) is 46.0. The average molecular weight is 1180 g/mol. The fraction of sp³-hybridized carbons (Fsp3) is 0.0441. The van der Waals surface area contributed by atoms with Gasteiger partial charge in [-0.05, 0) is 110 Å². The molecule has 0 saturated carbocycles. The summed E-state index contributed by atoms with van der Waals surface area (Å²) in [6.45, 7) is 4.16. The van der Waals surface area contributed by atoms with Crippen LogP contribution in [0.5, 0.6) is 5.75 Å². The highest BCUT2D eigenvalue weighted by Crippen LogP contribution is 2.31. The number of nitrogens with one attached hydrogen (secondary N) is 5. The van der Waals surface area contributed by atoms with Crippen molar-refractivity contribution in [1.29, 1.82) is 0 Å². The minimum atomic E-state index is -0.414. The number of ether oxygens (including phenoxy) is 1. The predicted octanol–water partition coefficient (Wildman–Crippen LogP) is 18.6. The van der Waals surface area contributed by atoms with Crippen molar-refractivity contribution in [3.63, 3.8) is 0 Å². The fourth-order valence-corrected chi connectivity index (χ4v) is 9.79. The van der Waals surface area contributed by atoms with Gasteiger partial charge >= 0.3 is 0 Å². The van der Waals surface area contributed by atoms with Gasteiger partial charge in [-0.15, -0.1) is 0 Å². The summed E-state index contributed by atoms with van der Waals surface area (Å²) in [7, 11) is 1.65. The molecule has 0 spiro atoms. The third-order valence-corrected chi connectivity index (χ3v) is 14.1. The van der Waals surface area contributed by atoms with E-state index in [1.54, 1.807) is 13.2 Å². The topological polar surface area (TPSA) is 196 Å². The first kappa shape index (κ1) is 56.5. The molecule has 14 nitrogen and oxygen atoms in total. The molecule has 5 heterocycles. The van der Waals surface area contributed by atoms with E-state index in [4.69, 9.17) is 39.5 Å². The highest BCUT2D eigenvalue weighted by molar-refractivity contribution is 6.32. The number of methoxy groups -OCH3 is 1. The van der Waals surface area contributed by atoms with E-state index in [2.05, 4.69) is 100 Å². The van der Waals surface area contributed by atoms with E-state index in [1.807, 2.05) is 176 Å². The Morgan fingerprint density at radius 2 is 0.718 bits per heavy atom. The average Bonchev–Trinajstić information content (AvgIpc) is 4.44. The highest BCUT2D eigenvalue weighted by Gasteiger charge is 2.13. The van der Waals surface area contributed by atoms with Crippen LogP contribution in [0.25, 0.3) is 112 Å². The number of imidazole rings is 5. The third kappa shape index (κ3) is 13.8. The van der Waals surface area contributed by atoms with Gasteiger partial charge in [0.1, 0.15) is 34.9 Å². The molecule has 0 fully saturated rings. The molecular weight excluding hydrogens is 1130 g/mol. The van der Waals surface area contributed by atoms with E-state index in [9.17, 15) is 10.1 Å². The van der Waals surface area contributed by atoms with Crippen LogP contribution in [0.1, 0.15) is 11.1 Å². The van der Waals surface area contributed by atoms with Gasteiger partial charge in [-0.2, -0.15) is 0 Å². The van der Waals surface area contributed by atoms with Gasteiger partial charge in [0.2, 0.25) is 0 Å². The minimum absolute atomic E-state index is 0.0609. The van der Waals surface area contributed by atoms with Crippen molar-refractivity contribution in [2.45, 2.75) is 13.8 Å². The number of rotatable bonds is 7. The van der Waals surface area contributed by atoms with Crippen LogP contribution in [0.2, 0.25) is 15.1 Å². The summed E-state index contributed by atoms with van der Waals surface area (Å²) in [6, 6.07) is 73.6. The quantitative estimate of drug-likeness (QED) is 0.0768. The Balaban J connectivity index is 0.000000111. The van der Waals surface area contributed by atoms with Crippen LogP contribution < -0.4 is 4.74 Å². The maximum Gasteiger partial charge on any atom is 0.271 e. The lowest BCUT2D eigenvalue weighted by Crippen LogP contribution is -1.88. The Bertz CT molecular complexity index is 4650. The van der Waals surface area contributed by atoms with Crippen molar-refractivity contribution >= 4 is 95.7 Å². The Kier molecular flexibility index (Phi) is 17.2. The van der Waals surface area contributed by atoms with E-state index in [0.29, 0.717) is 16.4 Å². The van der Waals surface area contributed by atoms with Crippen molar-refractivity contribution in [2.24, 2.45) is 0 Å². The molecule has 0 unspecified atom stereocenters. The van der Waals surface area contributed by atoms with Crippen LogP contribution in [0.3, 0.4) is 0 Å². The van der Waals surface area contributed by atoms with Crippen LogP contribution in [0.15, 0.2) is 231 Å². The van der Waals surface area contributed by atoms with Gasteiger partial charge in [0.15, 0.2) is 0 Å². The maximum atomic E-state index is 10.7. The molecule has 15 aromatic rings. The molecule has 0 radical (unpaired) electrons.